The van der Waals surface area contributed by atoms with Gasteiger partial charge in [-0.3, -0.25) is 19.3 Å². The molecule has 13 rings (SSSR count). The maximum Gasteiger partial charge on any atom is 0.410 e. The van der Waals surface area contributed by atoms with Crippen molar-refractivity contribution in [2.45, 2.75) is 90.5 Å². The molecule has 590 valence electrons. The van der Waals surface area contributed by atoms with Crippen LogP contribution in [0.3, 0.4) is 0 Å². The number of carbonyl (C=O) groups is 13. The van der Waals surface area contributed by atoms with E-state index in [0.717, 1.165) is 61.8 Å². The second kappa shape index (κ2) is 30.6. The molecule has 0 spiro atoms. The molecule has 4 aliphatic rings. The van der Waals surface area contributed by atoms with E-state index in [1.54, 1.807) is 41.5 Å². The number of hydrogen-bond donors (Lipinski definition) is 0. The Morgan fingerprint density at radius 1 is 0.289 bits per heavy atom. The molecule has 0 atom stereocenters. The minimum atomic E-state index is -0.954. The zero-order chi connectivity index (χ0) is 82.0. The molecule has 0 bridgehead atoms. The highest BCUT2D eigenvalue weighted by Crippen LogP contribution is 2.60. The van der Waals surface area contributed by atoms with Gasteiger partial charge in [-0.05, 0) is 158 Å². The first kappa shape index (κ1) is 78.5. The quantitative estimate of drug-likeness (QED) is 0.0253. The topological polar surface area (TPSA) is 364 Å². The number of fused-ring (bicyclic) bond motifs is 2. The molecule has 2 fully saturated rings. The Morgan fingerprint density at radius 3 is 0.772 bits per heavy atom. The Balaban J connectivity index is 1.24. The molecule has 9 aromatic rings. The number of carbonyl (C=O) groups excluding carboxylic acids is 13. The lowest BCUT2D eigenvalue weighted by molar-refractivity contribution is 0.0145. The van der Waals surface area contributed by atoms with Crippen LogP contribution in [0.5, 0.6) is 46.0 Å². The molecule has 2 saturated heterocycles. The highest BCUT2D eigenvalue weighted by molar-refractivity contribution is 6.45. The summed E-state index contributed by atoms with van der Waals surface area (Å²) in [6.45, 7) is 10.4. The summed E-state index contributed by atoms with van der Waals surface area (Å²) in [5.74, 6) is -12.5. The Kier molecular flexibility index (Phi) is 21.1. The lowest BCUT2D eigenvalue weighted by Crippen LogP contribution is -2.52. The molecule has 9 aromatic carbocycles. The van der Waals surface area contributed by atoms with E-state index in [1.165, 1.54) is 112 Å². The largest absolute Gasteiger partial charge is 0.465 e. The monoisotopic (exact) mass is 1560 g/mol. The Morgan fingerprint density at radius 2 is 0.518 bits per heavy atom. The number of rotatable bonds is 18. The van der Waals surface area contributed by atoms with Crippen molar-refractivity contribution in [3.05, 3.63) is 158 Å². The fourth-order valence-corrected chi connectivity index (χ4v) is 14.7. The van der Waals surface area contributed by atoms with Crippen LogP contribution >= 0.6 is 0 Å². The average Bonchev–Trinajstić information content (AvgIpc) is 1.31. The fourth-order valence-electron chi connectivity index (χ4n) is 14.7. The molecule has 0 saturated carbocycles. The van der Waals surface area contributed by atoms with Crippen LogP contribution in [-0.4, -0.2) is 199 Å². The van der Waals surface area contributed by atoms with Crippen LogP contribution in [0.4, 0.5) is 15.3 Å². The van der Waals surface area contributed by atoms with Crippen molar-refractivity contribution in [1.82, 2.24) is 14.7 Å². The number of esters is 8. The number of methoxy groups -OCH3 is 8. The van der Waals surface area contributed by atoms with Crippen molar-refractivity contribution in [3.8, 4) is 46.0 Å². The van der Waals surface area contributed by atoms with Crippen molar-refractivity contribution >= 4 is 126 Å². The number of likely N-dealkylation sites (tertiary alicyclic amines) is 2. The third kappa shape index (κ3) is 14.6. The van der Waals surface area contributed by atoms with Crippen LogP contribution in [-0.2, 0) is 47.4 Å². The molecular weight excluding hydrogens is 1480 g/mol. The summed E-state index contributed by atoms with van der Waals surface area (Å²) in [4.78, 5) is 192. The second-order valence-electron chi connectivity index (χ2n) is 29.0. The van der Waals surface area contributed by atoms with E-state index in [4.69, 9.17) is 66.3 Å². The SMILES string of the molecule is COC(=O)c1cc(Oc2cc3c4c(cc(Oc5cc(C(=O)OC)cc(C(=O)OC)c5)c5c6c(Oc7cc(C(=O)OC)cc(C(=O)OC)c7)cc7c8c(cc(Oc9cc(C(=O)OC)cc(C(=O)OC)c9)c(c2c45)c86)C(=O)N7C2CCN(C(=O)OC(C)(C)C)CC2)C(=O)N(C2CCN(C(=O)OC(C)(C)C)CC2)C3=O)cc(C(=O)OC)c1. The third-order valence-corrected chi connectivity index (χ3v) is 19.6. The molecule has 0 aliphatic carbocycles. The lowest BCUT2D eigenvalue weighted by atomic mass is 9.82. The van der Waals surface area contributed by atoms with Gasteiger partial charge < -0.3 is 81.0 Å². The van der Waals surface area contributed by atoms with Gasteiger partial charge in [-0.1, -0.05) is 0 Å². The first-order valence-electron chi connectivity index (χ1n) is 35.7. The number of ether oxygens (including phenoxy) is 14. The molecule has 114 heavy (non-hydrogen) atoms. The first-order valence-corrected chi connectivity index (χ1v) is 35.7. The van der Waals surface area contributed by atoms with Gasteiger partial charge in [0.1, 0.15) is 57.2 Å². The highest BCUT2D eigenvalue weighted by atomic mass is 16.6. The van der Waals surface area contributed by atoms with Crippen molar-refractivity contribution < 1.29 is 129 Å². The van der Waals surface area contributed by atoms with E-state index in [2.05, 4.69) is 0 Å². The van der Waals surface area contributed by atoms with E-state index in [1.807, 2.05) is 0 Å². The van der Waals surface area contributed by atoms with Crippen LogP contribution in [0.25, 0.3) is 43.1 Å². The van der Waals surface area contributed by atoms with E-state index in [-0.39, 0.29) is 208 Å². The molecule has 4 aliphatic heterocycles. The molecular formula is C83H76N4O27. The van der Waals surface area contributed by atoms with E-state index < -0.39 is 101 Å². The van der Waals surface area contributed by atoms with E-state index in [9.17, 15) is 47.9 Å². The van der Waals surface area contributed by atoms with Gasteiger partial charge in [0.2, 0.25) is 0 Å². The van der Waals surface area contributed by atoms with Crippen LogP contribution in [0.2, 0.25) is 0 Å². The number of piperidine rings is 2. The average molecular weight is 1560 g/mol. The predicted octanol–water partition coefficient (Wildman–Crippen LogP) is 13.6. The van der Waals surface area contributed by atoms with E-state index in [0.29, 0.717) is 0 Å². The predicted molar refractivity (Wildman–Crippen MR) is 403 cm³/mol. The summed E-state index contributed by atoms with van der Waals surface area (Å²) in [5.41, 5.74) is -4.14. The zero-order valence-electron chi connectivity index (χ0n) is 64.4. The van der Waals surface area contributed by atoms with Gasteiger partial charge in [-0.15, -0.1) is 0 Å². The summed E-state index contributed by atoms with van der Waals surface area (Å²) in [7, 11) is 8.81. The minimum Gasteiger partial charge on any atom is -0.465 e. The van der Waals surface area contributed by atoms with Crippen molar-refractivity contribution in [1.29, 1.82) is 0 Å². The highest BCUT2D eigenvalue weighted by Gasteiger charge is 2.46. The third-order valence-electron chi connectivity index (χ3n) is 19.6. The summed E-state index contributed by atoms with van der Waals surface area (Å²) in [5, 5.41) is -0.609. The van der Waals surface area contributed by atoms with Gasteiger partial charge in [0, 0.05) is 87.4 Å². The van der Waals surface area contributed by atoms with Gasteiger partial charge in [-0.25, -0.2) is 47.9 Å². The fraction of sp³-hybridized carbons (Fsp3) is 0.313. The maximum atomic E-state index is 16.4. The number of nitrogens with zero attached hydrogens (tertiary/aromatic N) is 4. The number of amides is 5. The Hall–Kier alpha value is -13.6. The summed E-state index contributed by atoms with van der Waals surface area (Å²) < 4.78 is 81.5. The molecule has 5 amide bonds. The summed E-state index contributed by atoms with van der Waals surface area (Å²) in [6, 6.07) is 18.4. The standard InChI is InChI=1S/C83H76N4O27/c1-82(2,3)113-80(99)84-19-15-47(16-20-84)86-56-38-60(112-52-33-45(78(97)107-13)26-46(34-52)79(98)108-14)66-64-58(110-50-29-41(74(93)103-9)24-42(30-50)75(94)104-10)36-54-61-53(70(89)87(71(54)90)48-17-21-85(22-18-48)81(100)114-83(4,5)6)35-57(109-49-27-39(72(91)101-7)23-40(28-49)73(92)102-8)63(67(61)64)65-59(37-55(69(86)88)62(56)68(65)66)111-51-31-43(76(95)105-11)25-44(32-51)77(96)106-12/h23-38,47-48H,15-22H2,1-14H3. The zero-order valence-corrected chi connectivity index (χ0v) is 64.4. The summed E-state index contributed by atoms with van der Waals surface area (Å²) >= 11 is 0. The van der Waals surface area contributed by atoms with Crippen LogP contribution in [0, 0.1) is 0 Å². The Labute approximate surface area is 649 Å². The van der Waals surface area contributed by atoms with Crippen molar-refractivity contribution in [3.63, 3.8) is 0 Å². The van der Waals surface area contributed by atoms with Crippen LogP contribution in [0.1, 0.15) is 181 Å². The molecule has 0 unspecified atom stereocenters. The molecule has 31 heteroatoms. The van der Waals surface area contributed by atoms with Crippen LogP contribution < -0.4 is 23.8 Å². The molecule has 0 radical (unpaired) electrons. The molecule has 31 nitrogen and oxygen atoms in total. The second-order valence-corrected chi connectivity index (χ2v) is 29.0. The first-order chi connectivity index (χ1) is 54.2. The van der Waals surface area contributed by atoms with Gasteiger partial charge in [0.25, 0.3) is 17.7 Å². The molecule has 0 aromatic heterocycles. The number of benzene rings is 9. The van der Waals surface area contributed by atoms with Gasteiger partial charge in [-0.2, -0.15) is 0 Å². The van der Waals surface area contributed by atoms with Crippen molar-refractivity contribution in [2.75, 3.05) is 88.0 Å². The van der Waals surface area contributed by atoms with E-state index >= 15 is 14.4 Å². The van der Waals surface area contributed by atoms with Gasteiger partial charge in [0.05, 0.1) is 124 Å². The number of hydrogen-bond acceptors (Lipinski definition) is 27. The summed E-state index contributed by atoms with van der Waals surface area (Å²) in [6.07, 6.45) is -0.931. The maximum absolute atomic E-state index is 16.4. The number of imide groups is 1. The smallest absolute Gasteiger partial charge is 0.410 e. The van der Waals surface area contributed by atoms with Gasteiger partial charge >= 0.3 is 59.9 Å². The lowest BCUT2D eigenvalue weighted by Gasteiger charge is -2.39. The number of anilines is 1. The van der Waals surface area contributed by atoms with Crippen LogP contribution in [0.15, 0.2) is 97.1 Å². The molecule has 0 N–H and O–H groups in total. The normalized spacial score (nSPS) is 14.4. The minimum absolute atomic E-state index is 0.00642. The molecule has 4 heterocycles. The Bertz CT molecular complexity index is 5340. The van der Waals surface area contributed by atoms with Gasteiger partial charge in [0.15, 0.2) is 0 Å². The van der Waals surface area contributed by atoms with Crippen molar-refractivity contribution in [2.24, 2.45) is 0 Å².